The Bertz CT molecular complexity index is 450. The van der Waals surface area contributed by atoms with Crippen LogP contribution in [-0.4, -0.2) is 16.3 Å². The lowest BCUT2D eigenvalue weighted by molar-refractivity contribution is 0.281. The van der Waals surface area contributed by atoms with Crippen LogP contribution in [0.5, 0.6) is 0 Å². The Hall–Kier alpha value is -1.35. The largest absolute Gasteiger partial charge is 0.396 e. The van der Waals surface area contributed by atoms with E-state index in [-0.39, 0.29) is 12.4 Å². The van der Waals surface area contributed by atoms with Gasteiger partial charge in [-0.05, 0) is 31.0 Å². The van der Waals surface area contributed by atoms with Gasteiger partial charge in [0.25, 0.3) is 0 Å². The van der Waals surface area contributed by atoms with E-state index in [1.54, 1.807) is 12.1 Å². The summed E-state index contributed by atoms with van der Waals surface area (Å²) in [7, 11) is 0. The number of aromatic nitrogens is 1. The third-order valence-corrected chi connectivity index (χ3v) is 2.57. The number of fused-ring (bicyclic) bond motifs is 1. The van der Waals surface area contributed by atoms with Crippen LogP contribution in [0.25, 0.3) is 10.9 Å². The molecular weight excluding hydrogens is 193 g/mol. The predicted octanol–water partition coefficient (Wildman–Crippen LogP) is 2.55. The molecule has 1 aromatic heterocycles. The SMILES string of the molecule is OCCCCn1ccc2c(F)cccc21. The van der Waals surface area contributed by atoms with Crippen LogP contribution in [0.2, 0.25) is 0 Å². The van der Waals surface area contributed by atoms with Crippen molar-refractivity contribution in [1.82, 2.24) is 4.57 Å². The second-order valence-corrected chi connectivity index (χ2v) is 3.61. The Morgan fingerprint density at radius 3 is 2.87 bits per heavy atom. The molecule has 0 atom stereocenters. The highest BCUT2D eigenvalue weighted by atomic mass is 19.1. The predicted molar refractivity (Wildman–Crippen MR) is 58.2 cm³/mol. The van der Waals surface area contributed by atoms with Gasteiger partial charge in [0.15, 0.2) is 0 Å². The van der Waals surface area contributed by atoms with Crippen LogP contribution >= 0.6 is 0 Å². The van der Waals surface area contributed by atoms with Crippen molar-refractivity contribution in [1.29, 1.82) is 0 Å². The number of aryl methyl sites for hydroxylation is 1. The molecule has 2 rings (SSSR count). The molecule has 0 aliphatic rings. The maximum absolute atomic E-state index is 13.3. The molecule has 0 spiro atoms. The Labute approximate surface area is 88.0 Å². The number of aliphatic hydroxyl groups is 1. The number of nitrogens with zero attached hydrogens (tertiary/aromatic N) is 1. The highest BCUT2D eigenvalue weighted by Crippen LogP contribution is 2.19. The minimum atomic E-state index is -0.173. The monoisotopic (exact) mass is 207 g/mol. The topological polar surface area (TPSA) is 25.2 Å². The van der Waals surface area contributed by atoms with Crippen molar-refractivity contribution in [3.63, 3.8) is 0 Å². The first kappa shape index (κ1) is 10.2. The molecule has 0 saturated carbocycles. The first-order chi connectivity index (χ1) is 7.33. The molecule has 0 amide bonds. The van der Waals surface area contributed by atoms with E-state index in [0.717, 1.165) is 24.9 Å². The van der Waals surface area contributed by atoms with Gasteiger partial charge in [0, 0.05) is 24.7 Å². The summed E-state index contributed by atoms with van der Waals surface area (Å²) < 4.78 is 15.4. The molecule has 3 heteroatoms. The van der Waals surface area contributed by atoms with Gasteiger partial charge in [-0.15, -0.1) is 0 Å². The Kier molecular flexibility index (Phi) is 3.02. The molecule has 1 aromatic carbocycles. The molecule has 80 valence electrons. The van der Waals surface area contributed by atoms with Crippen molar-refractivity contribution in [3.05, 3.63) is 36.3 Å². The number of hydrogen-bond donors (Lipinski definition) is 1. The molecule has 0 aliphatic carbocycles. The van der Waals surface area contributed by atoms with Crippen molar-refractivity contribution in [2.75, 3.05) is 6.61 Å². The zero-order valence-corrected chi connectivity index (χ0v) is 8.49. The fourth-order valence-electron chi connectivity index (χ4n) is 1.77. The standard InChI is InChI=1S/C12H14FNO/c13-11-4-3-5-12-10(11)6-8-14(12)7-1-2-9-15/h3-6,8,15H,1-2,7,9H2. The molecule has 15 heavy (non-hydrogen) atoms. The lowest BCUT2D eigenvalue weighted by Crippen LogP contribution is -1.97. The first-order valence-corrected chi connectivity index (χ1v) is 5.17. The summed E-state index contributed by atoms with van der Waals surface area (Å²) in [5.74, 6) is -0.173. The summed E-state index contributed by atoms with van der Waals surface area (Å²) >= 11 is 0. The Morgan fingerprint density at radius 2 is 2.07 bits per heavy atom. The minimum absolute atomic E-state index is 0.173. The van der Waals surface area contributed by atoms with Crippen LogP contribution in [-0.2, 0) is 6.54 Å². The lowest BCUT2D eigenvalue weighted by Gasteiger charge is -2.04. The molecule has 0 unspecified atom stereocenters. The third-order valence-electron chi connectivity index (χ3n) is 2.57. The second-order valence-electron chi connectivity index (χ2n) is 3.61. The van der Waals surface area contributed by atoms with Gasteiger partial charge < -0.3 is 9.67 Å². The molecule has 0 aliphatic heterocycles. The van der Waals surface area contributed by atoms with E-state index in [9.17, 15) is 4.39 Å². The van der Waals surface area contributed by atoms with E-state index in [4.69, 9.17) is 5.11 Å². The highest BCUT2D eigenvalue weighted by molar-refractivity contribution is 5.80. The van der Waals surface area contributed by atoms with E-state index in [0.29, 0.717) is 5.39 Å². The van der Waals surface area contributed by atoms with Crippen molar-refractivity contribution in [2.45, 2.75) is 19.4 Å². The highest BCUT2D eigenvalue weighted by Gasteiger charge is 2.03. The number of unbranched alkanes of at least 4 members (excludes halogenated alkanes) is 1. The Morgan fingerprint density at radius 1 is 1.20 bits per heavy atom. The van der Waals surface area contributed by atoms with Gasteiger partial charge in [-0.3, -0.25) is 0 Å². The maximum Gasteiger partial charge on any atom is 0.132 e. The number of hydrogen-bond acceptors (Lipinski definition) is 1. The quantitative estimate of drug-likeness (QED) is 0.766. The molecule has 1 heterocycles. The molecule has 0 saturated heterocycles. The molecule has 0 fully saturated rings. The fraction of sp³-hybridized carbons (Fsp3) is 0.333. The van der Waals surface area contributed by atoms with Crippen LogP contribution in [0.4, 0.5) is 4.39 Å². The minimum Gasteiger partial charge on any atom is -0.396 e. The summed E-state index contributed by atoms with van der Waals surface area (Å²) in [6, 6.07) is 6.90. The second kappa shape index (κ2) is 4.45. The molecule has 0 radical (unpaired) electrons. The van der Waals surface area contributed by atoms with Gasteiger partial charge in [-0.2, -0.15) is 0 Å². The zero-order valence-electron chi connectivity index (χ0n) is 8.49. The average Bonchev–Trinajstić information content (AvgIpc) is 2.64. The van der Waals surface area contributed by atoms with Crippen molar-refractivity contribution in [3.8, 4) is 0 Å². The smallest absolute Gasteiger partial charge is 0.132 e. The van der Waals surface area contributed by atoms with E-state index in [1.807, 2.05) is 16.8 Å². The van der Waals surface area contributed by atoms with E-state index >= 15 is 0 Å². The normalized spacial score (nSPS) is 11.1. The van der Waals surface area contributed by atoms with Crippen LogP contribution in [0, 0.1) is 5.82 Å². The third kappa shape index (κ3) is 2.02. The van der Waals surface area contributed by atoms with Crippen LogP contribution < -0.4 is 0 Å². The fourth-order valence-corrected chi connectivity index (χ4v) is 1.77. The lowest BCUT2D eigenvalue weighted by atomic mass is 10.2. The van der Waals surface area contributed by atoms with E-state index < -0.39 is 0 Å². The van der Waals surface area contributed by atoms with Gasteiger partial charge in [-0.1, -0.05) is 6.07 Å². The van der Waals surface area contributed by atoms with Crippen molar-refractivity contribution >= 4 is 10.9 Å². The van der Waals surface area contributed by atoms with E-state index in [1.165, 1.54) is 6.07 Å². The summed E-state index contributed by atoms with van der Waals surface area (Å²) in [6.07, 6.45) is 3.59. The van der Waals surface area contributed by atoms with Gasteiger partial charge in [0.2, 0.25) is 0 Å². The van der Waals surface area contributed by atoms with Crippen molar-refractivity contribution in [2.24, 2.45) is 0 Å². The van der Waals surface area contributed by atoms with Crippen LogP contribution in [0.1, 0.15) is 12.8 Å². The molecule has 2 nitrogen and oxygen atoms in total. The number of aliphatic hydroxyl groups excluding tert-OH is 1. The van der Waals surface area contributed by atoms with Crippen LogP contribution in [0.15, 0.2) is 30.5 Å². The van der Waals surface area contributed by atoms with Gasteiger partial charge in [0.05, 0.1) is 5.52 Å². The molecule has 1 N–H and O–H groups in total. The summed E-state index contributed by atoms with van der Waals surface area (Å²) in [5.41, 5.74) is 0.924. The first-order valence-electron chi connectivity index (χ1n) is 5.17. The summed E-state index contributed by atoms with van der Waals surface area (Å²) in [6.45, 7) is 1.04. The maximum atomic E-state index is 13.3. The van der Waals surface area contributed by atoms with E-state index in [2.05, 4.69) is 0 Å². The average molecular weight is 207 g/mol. The van der Waals surface area contributed by atoms with Crippen LogP contribution in [0.3, 0.4) is 0 Å². The molecule has 2 aromatic rings. The number of benzene rings is 1. The molecular formula is C12H14FNO. The van der Waals surface area contributed by atoms with Gasteiger partial charge >= 0.3 is 0 Å². The Balaban J connectivity index is 2.25. The summed E-state index contributed by atoms with van der Waals surface area (Å²) in [4.78, 5) is 0. The number of rotatable bonds is 4. The number of halogens is 1. The van der Waals surface area contributed by atoms with Gasteiger partial charge in [0.1, 0.15) is 5.82 Å². The van der Waals surface area contributed by atoms with Crippen molar-refractivity contribution < 1.29 is 9.50 Å². The summed E-state index contributed by atoms with van der Waals surface area (Å²) in [5, 5.41) is 9.35. The molecule has 0 bridgehead atoms. The zero-order chi connectivity index (χ0) is 10.7. The van der Waals surface area contributed by atoms with Gasteiger partial charge in [-0.25, -0.2) is 4.39 Å².